The predicted octanol–water partition coefficient (Wildman–Crippen LogP) is 2.88. The summed E-state index contributed by atoms with van der Waals surface area (Å²) < 4.78 is 40.5. The number of sulfonamides is 1. The molecule has 0 saturated heterocycles. The van der Waals surface area contributed by atoms with Crippen LogP contribution in [0.2, 0.25) is 0 Å². The van der Waals surface area contributed by atoms with Gasteiger partial charge in [0.2, 0.25) is 10.0 Å². The molecule has 1 aliphatic carbocycles. The van der Waals surface area contributed by atoms with Crippen molar-refractivity contribution >= 4 is 10.0 Å². The number of aryl methyl sites for hydroxylation is 1. The van der Waals surface area contributed by atoms with Gasteiger partial charge >= 0.3 is 0 Å². The summed E-state index contributed by atoms with van der Waals surface area (Å²) in [5.74, 6) is -0.352. The zero-order valence-electron chi connectivity index (χ0n) is 12.2. The summed E-state index contributed by atoms with van der Waals surface area (Å²) in [7, 11) is -3.62. The minimum absolute atomic E-state index is 0.00660. The first-order valence-corrected chi connectivity index (χ1v) is 8.59. The highest BCUT2D eigenvalue weighted by Gasteiger charge is 2.38. The number of rotatable bonds is 5. The smallest absolute Gasteiger partial charge is 0.245 e. The summed E-state index contributed by atoms with van der Waals surface area (Å²) in [6.07, 6.45) is 4.57. The van der Waals surface area contributed by atoms with Gasteiger partial charge in [0.25, 0.3) is 0 Å². The van der Waals surface area contributed by atoms with Crippen LogP contribution < -0.4 is 0 Å². The van der Waals surface area contributed by atoms with Crippen LogP contribution in [-0.4, -0.2) is 23.7 Å². The molecule has 22 heavy (non-hydrogen) atoms. The molecule has 1 aromatic heterocycles. The van der Waals surface area contributed by atoms with Gasteiger partial charge in [-0.3, -0.25) is 4.98 Å². The first-order chi connectivity index (χ1) is 10.5. The number of nitrogens with zero attached hydrogens (tertiary/aromatic N) is 2. The first-order valence-electron chi connectivity index (χ1n) is 7.15. The molecular weight excluding hydrogens is 303 g/mol. The molecule has 0 bridgehead atoms. The van der Waals surface area contributed by atoms with Crippen molar-refractivity contribution in [1.82, 2.24) is 9.29 Å². The lowest BCUT2D eigenvalue weighted by Gasteiger charge is -2.22. The van der Waals surface area contributed by atoms with E-state index in [2.05, 4.69) is 4.98 Å². The lowest BCUT2D eigenvalue weighted by molar-refractivity contribution is 0.397. The Morgan fingerprint density at radius 3 is 2.73 bits per heavy atom. The van der Waals surface area contributed by atoms with Crippen LogP contribution >= 0.6 is 0 Å². The van der Waals surface area contributed by atoms with Crippen LogP contribution in [0.25, 0.3) is 0 Å². The summed E-state index contributed by atoms with van der Waals surface area (Å²) >= 11 is 0. The number of hydrogen-bond acceptors (Lipinski definition) is 3. The fourth-order valence-electron chi connectivity index (χ4n) is 2.39. The highest BCUT2D eigenvalue weighted by atomic mass is 32.2. The Morgan fingerprint density at radius 2 is 2.09 bits per heavy atom. The molecule has 0 amide bonds. The molecule has 1 heterocycles. The molecule has 0 spiro atoms. The number of aromatic nitrogens is 1. The van der Waals surface area contributed by atoms with Gasteiger partial charge in [-0.2, -0.15) is 4.31 Å². The van der Waals surface area contributed by atoms with Gasteiger partial charge in [0.15, 0.2) is 0 Å². The van der Waals surface area contributed by atoms with Crippen LogP contribution in [-0.2, 0) is 16.6 Å². The molecular formula is C16H17FN2O2S. The third-order valence-electron chi connectivity index (χ3n) is 3.83. The van der Waals surface area contributed by atoms with E-state index in [1.165, 1.54) is 34.9 Å². The van der Waals surface area contributed by atoms with Crippen LogP contribution in [0, 0.1) is 12.7 Å². The summed E-state index contributed by atoms with van der Waals surface area (Å²) in [6, 6.07) is 7.60. The second kappa shape index (κ2) is 5.78. The zero-order valence-corrected chi connectivity index (χ0v) is 13.1. The van der Waals surface area contributed by atoms with Crippen LogP contribution in [0.15, 0.2) is 47.6 Å². The van der Waals surface area contributed by atoms with Gasteiger partial charge in [-0.1, -0.05) is 6.07 Å². The molecule has 3 rings (SSSR count). The van der Waals surface area contributed by atoms with Crippen molar-refractivity contribution < 1.29 is 12.8 Å². The minimum atomic E-state index is -3.62. The molecule has 1 fully saturated rings. The van der Waals surface area contributed by atoms with Crippen molar-refractivity contribution in [2.24, 2.45) is 0 Å². The van der Waals surface area contributed by atoms with Crippen LogP contribution in [0.3, 0.4) is 0 Å². The van der Waals surface area contributed by atoms with Gasteiger partial charge in [0.05, 0.1) is 0 Å². The Hall–Kier alpha value is -1.79. The molecule has 1 saturated carbocycles. The van der Waals surface area contributed by atoms with E-state index in [0.29, 0.717) is 5.56 Å². The number of hydrogen-bond donors (Lipinski definition) is 0. The maximum absolute atomic E-state index is 13.5. The third kappa shape index (κ3) is 3.03. The average molecular weight is 320 g/mol. The zero-order chi connectivity index (χ0) is 15.7. The summed E-state index contributed by atoms with van der Waals surface area (Å²) in [6.45, 7) is 2.04. The molecule has 4 nitrogen and oxygen atoms in total. The maximum Gasteiger partial charge on any atom is 0.245 e. The molecule has 0 radical (unpaired) electrons. The minimum Gasteiger partial charge on any atom is -0.263 e. The quantitative estimate of drug-likeness (QED) is 0.851. The van der Waals surface area contributed by atoms with E-state index in [1.54, 1.807) is 12.1 Å². The predicted molar refractivity (Wildman–Crippen MR) is 81.1 cm³/mol. The monoisotopic (exact) mass is 320 g/mol. The summed E-state index contributed by atoms with van der Waals surface area (Å²) in [5, 5.41) is 0. The Bertz CT molecular complexity index is 774. The number of pyridine rings is 1. The summed E-state index contributed by atoms with van der Waals surface area (Å²) in [4.78, 5) is 4.06. The molecule has 1 aromatic carbocycles. The van der Waals surface area contributed by atoms with Gasteiger partial charge < -0.3 is 0 Å². The molecule has 2 aromatic rings. The second-order valence-electron chi connectivity index (χ2n) is 5.54. The topological polar surface area (TPSA) is 50.3 Å². The fourth-order valence-corrected chi connectivity index (χ4v) is 4.01. The Labute approximate surface area is 129 Å². The second-order valence-corrected chi connectivity index (χ2v) is 7.43. The van der Waals surface area contributed by atoms with Crippen molar-refractivity contribution in [1.29, 1.82) is 0 Å². The lowest BCUT2D eigenvalue weighted by atomic mass is 10.1. The number of benzene rings is 1. The lowest BCUT2D eigenvalue weighted by Crippen LogP contribution is -2.33. The standard InChI is InChI=1S/C16H17FN2O2S/c1-12-4-5-14(17)9-13(12)11-19(15-6-7-15)22(20,21)16-3-2-8-18-10-16/h2-5,8-10,15H,6-7,11H2,1H3. The van der Waals surface area contributed by atoms with Crippen molar-refractivity contribution in [3.63, 3.8) is 0 Å². The largest absolute Gasteiger partial charge is 0.263 e. The van der Waals surface area contributed by atoms with E-state index in [9.17, 15) is 12.8 Å². The molecule has 0 unspecified atom stereocenters. The Balaban J connectivity index is 1.96. The van der Waals surface area contributed by atoms with Gasteiger partial charge in [-0.05, 0) is 55.2 Å². The molecule has 1 aliphatic rings. The maximum atomic E-state index is 13.5. The van der Waals surface area contributed by atoms with Gasteiger partial charge in [-0.15, -0.1) is 0 Å². The van der Waals surface area contributed by atoms with Crippen molar-refractivity contribution in [3.8, 4) is 0 Å². The van der Waals surface area contributed by atoms with E-state index in [1.807, 2.05) is 6.92 Å². The van der Waals surface area contributed by atoms with Gasteiger partial charge in [0.1, 0.15) is 10.7 Å². The normalized spacial score (nSPS) is 15.2. The van der Waals surface area contributed by atoms with E-state index in [-0.39, 0.29) is 23.3 Å². The molecule has 0 N–H and O–H groups in total. The molecule has 0 aliphatic heterocycles. The SMILES string of the molecule is Cc1ccc(F)cc1CN(C1CC1)S(=O)(=O)c1cccnc1. The third-order valence-corrected chi connectivity index (χ3v) is 5.71. The molecule has 6 heteroatoms. The van der Waals surface area contributed by atoms with Crippen LogP contribution in [0.4, 0.5) is 4.39 Å². The van der Waals surface area contributed by atoms with Crippen molar-refractivity contribution in [2.45, 2.75) is 37.2 Å². The van der Waals surface area contributed by atoms with E-state index < -0.39 is 10.0 Å². The highest BCUT2D eigenvalue weighted by Crippen LogP contribution is 2.33. The first kappa shape index (κ1) is 15.1. The Morgan fingerprint density at radius 1 is 1.32 bits per heavy atom. The highest BCUT2D eigenvalue weighted by molar-refractivity contribution is 7.89. The Kier molecular flexibility index (Phi) is 3.97. The number of halogens is 1. The summed E-state index contributed by atoms with van der Waals surface area (Å²) in [5.41, 5.74) is 1.58. The van der Waals surface area contributed by atoms with Crippen LogP contribution in [0.5, 0.6) is 0 Å². The average Bonchev–Trinajstić information content (AvgIpc) is 3.33. The van der Waals surface area contributed by atoms with Crippen molar-refractivity contribution in [3.05, 3.63) is 59.7 Å². The van der Waals surface area contributed by atoms with Gasteiger partial charge in [-0.25, -0.2) is 12.8 Å². The molecule has 116 valence electrons. The van der Waals surface area contributed by atoms with Crippen molar-refractivity contribution in [2.75, 3.05) is 0 Å². The van der Waals surface area contributed by atoms with E-state index in [4.69, 9.17) is 0 Å². The fraction of sp³-hybridized carbons (Fsp3) is 0.312. The van der Waals surface area contributed by atoms with Crippen LogP contribution in [0.1, 0.15) is 24.0 Å². The molecule has 0 atom stereocenters. The van der Waals surface area contributed by atoms with Gasteiger partial charge in [0, 0.05) is 25.0 Å². The van der Waals surface area contributed by atoms with E-state index >= 15 is 0 Å². The van der Waals surface area contributed by atoms with E-state index in [0.717, 1.165) is 18.4 Å².